The van der Waals surface area contributed by atoms with E-state index < -0.39 is 74.2 Å². The highest BCUT2D eigenvalue weighted by molar-refractivity contribution is 14.1. The van der Waals surface area contributed by atoms with Crippen LogP contribution in [0.1, 0.15) is 105 Å². The first-order valence-corrected chi connectivity index (χ1v) is 21.3. The molecule has 2 aliphatic carbocycles. The molecule has 0 amide bonds. The highest BCUT2D eigenvalue weighted by atomic mass is 127. The second-order valence-electron chi connectivity index (χ2n) is 15.2. The summed E-state index contributed by atoms with van der Waals surface area (Å²) in [6, 6.07) is -2.16. The number of hydrogen-bond acceptors (Lipinski definition) is 14. The Balaban J connectivity index is 1.41. The minimum atomic E-state index is -4.37. The zero-order valence-corrected chi connectivity index (χ0v) is 34.4. The second-order valence-corrected chi connectivity index (χ2v) is 18.0. The van der Waals surface area contributed by atoms with Crippen LogP contribution in [0.15, 0.2) is 0 Å². The number of esters is 2. The molecule has 2 aromatic rings. The van der Waals surface area contributed by atoms with Gasteiger partial charge < -0.3 is 39.4 Å². The van der Waals surface area contributed by atoms with Crippen LogP contribution in [-0.2, 0) is 32.9 Å². The number of halogens is 1. The van der Waals surface area contributed by atoms with E-state index in [2.05, 4.69) is 25.1 Å². The number of carbonyl (C=O) groups is 2. The standard InChI is InChI=1S/C34H55IN7O10P/c1-18(2)23(29(44)50-20-13-9-7-10-14-20)40-53(47,41-24(19(3)4)30(45)51-21-15-11-8-12-16-21)49-17-22-26(43)34(5,46)31(52-22)42-27-25(37-32(42)35)28(48-6)39-33(36)38-27/h18-24,26,31,43,46H,7-17H2,1-6H3,(H2,36,38,39)(H2,40,41,47)/t22-,23+,24+,26-,31-,34-/m1/s1. The van der Waals surface area contributed by atoms with E-state index in [9.17, 15) is 24.4 Å². The number of imidazole rings is 1. The number of methoxy groups -OCH3 is 1. The number of nitrogen functional groups attached to an aromatic ring is 1. The molecule has 2 saturated carbocycles. The van der Waals surface area contributed by atoms with Gasteiger partial charge in [0, 0.05) is 22.6 Å². The third kappa shape index (κ3) is 9.80. The maximum atomic E-state index is 15.0. The molecule has 17 nitrogen and oxygen atoms in total. The lowest BCUT2D eigenvalue weighted by Crippen LogP contribution is -2.49. The van der Waals surface area contributed by atoms with Gasteiger partial charge in [0.15, 0.2) is 21.2 Å². The van der Waals surface area contributed by atoms with E-state index in [1.54, 1.807) is 27.7 Å². The number of fused-ring (bicyclic) bond motifs is 1. The van der Waals surface area contributed by atoms with Crippen molar-refractivity contribution >= 4 is 59.3 Å². The molecule has 1 aliphatic heterocycles. The fourth-order valence-corrected chi connectivity index (χ4v) is 9.93. The Kier molecular flexibility index (Phi) is 14.0. The van der Waals surface area contributed by atoms with E-state index in [1.165, 1.54) is 18.6 Å². The number of ether oxygens (including phenoxy) is 4. The summed E-state index contributed by atoms with van der Waals surface area (Å²) in [5.74, 6) is -1.94. The lowest BCUT2D eigenvalue weighted by atomic mass is 9.96. The van der Waals surface area contributed by atoms with E-state index in [4.69, 9.17) is 29.2 Å². The Morgan fingerprint density at radius 3 is 1.94 bits per heavy atom. The molecule has 19 heteroatoms. The molecule has 6 N–H and O–H groups in total. The van der Waals surface area contributed by atoms with Crippen LogP contribution in [0.25, 0.3) is 11.2 Å². The van der Waals surface area contributed by atoms with Crippen molar-refractivity contribution in [2.45, 2.75) is 147 Å². The Morgan fingerprint density at radius 1 is 0.962 bits per heavy atom. The van der Waals surface area contributed by atoms with Gasteiger partial charge in [0.2, 0.25) is 11.8 Å². The molecule has 0 unspecified atom stereocenters. The van der Waals surface area contributed by atoms with Crippen LogP contribution in [0.3, 0.4) is 0 Å². The lowest BCUT2D eigenvalue weighted by Gasteiger charge is -2.33. The topological polar surface area (TPSA) is 231 Å². The number of rotatable bonds is 15. The molecule has 0 spiro atoms. The Labute approximate surface area is 323 Å². The molecule has 2 aromatic heterocycles. The lowest BCUT2D eigenvalue weighted by molar-refractivity contribution is -0.154. The van der Waals surface area contributed by atoms with E-state index >= 15 is 0 Å². The third-order valence-electron chi connectivity index (χ3n) is 10.2. The van der Waals surface area contributed by atoms with Crippen molar-refractivity contribution in [3.63, 3.8) is 0 Å². The van der Waals surface area contributed by atoms with Gasteiger partial charge in [0.1, 0.15) is 42.1 Å². The average molecular weight is 880 g/mol. The molecular weight excluding hydrogens is 824 g/mol. The maximum absolute atomic E-state index is 15.0. The van der Waals surface area contributed by atoms with Crippen molar-refractivity contribution in [1.82, 2.24) is 29.7 Å². The highest BCUT2D eigenvalue weighted by Crippen LogP contribution is 2.46. The summed E-state index contributed by atoms with van der Waals surface area (Å²) in [5.41, 5.74) is 4.45. The largest absolute Gasteiger partial charge is 0.479 e. The minimum absolute atomic E-state index is 0.105. The smallest absolute Gasteiger partial charge is 0.342 e. The Morgan fingerprint density at radius 2 is 1.47 bits per heavy atom. The summed E-state index contributed by atoms with van der Waals surface area (Å²) < 4.78 is 46.2. The van der Waals surface area contributed by atoms with Crippen LogP contribution in [0.5, 0.6) is 5.88 Å². The van der Waals surface area contributed by atoms with Crippen LogP contribution in [0, 0.1) is 15.7 Å². The van der Waals surface area contributed by atoms with Gasteiger partial charge in [-0.05, 0) is 70.1 Å². The molecule has 0 bridgehead atoms. The fraction of sp³-hybridized carbons (Fsp3) is 0.794. The molecule has 1 saturated heterocycles. The van der Waals surface area contributed by atoms with Crippen LogP contribution in [-0.4, -0.2) is 97.5 Å². The SMILES string of the molecule is COc1nc(N)nc2c1nc(I)n2[C@@H]1O[C@H](COP(=O)(N[C@H](C(=O)OC2CCCCC2)C(C)C)N[C@H](C(=O)OC2CCCCC2)C(C)C)[C@@H](O)[C@@]1(C)O. The predicted octanol–water partition coefficient (Wildman–Crippen LogP) is 4.14. The average Bonchev–Trinajstić information content (AvgIpc) is 3.55. The molecule has 6 atom stereocenters. The van der Waals surface area contributed by atoms with Crippen molar-refractivity contribution in [1.29, 1.82) is 0 Å². The second kappa shape index (κ2) is 17.7. The van der Waals surface area contributed by atoms with Gasteiger partial charge in [-0.3, -0.25) is 18.7 Å². The molecule has 3 aliphatic rings. The van der Waals surface area contributed by atoms with Crippen LogP contribution >= 0.6 is 30.3 Å². The molecule has 0 aromatic carbocycles. The molecule has 53 heavy (non-hydrogen) atoms. The van der Waals surface area contributed by atoms with Crippen molar-refractivity contribution in [3.05, 3.63) is 3.83 Å². The molecule has 0 radical (unpaired) electrons. The summed E-state index contributed by atoms with van der Waals surface area (Å²) in [7, 11) is -2.96. The first-order chi connectivity index (χ1) is 25.0. The minimum Gasteiger partial charge on any atom is -0.479 e. The first-order valence-electron chi connectivity index (χ1n) is 18.6. The zero-order chi connectivity index (χ0) is 38.7. The number of aliphatic hydroxyl groups is 2. The van der Waals surface area contributed by atoms with Crippen molar-refractivity contribution in [2.24, 2.45) is 11.8 Å². The van der Waals surface area contributed by atoms with Gasteiger partial charge in [-0.1, -0.05) is 40.5 Å². The first kappa shape index (κ1) is 42.0. The van der Waals surface area contributed by atoms with Crippen molar-refractivity contribution < 1.29 is 47.8 Å². The Bertz CT molecular complexity index is 1580. The van der Waals surface area contributed by atoms with E-state index in [0.717, 1.165) is 64.2 Å². The number of nitrogens with zero attached hydrogens (tertiary/aromatic N) is 4. The van der Waals surface area contributed by atoms with Crippen LogP contribution in [0.2, 0.25) is 0 Å². The third-order valence-corrected chi connectivity index (χ3v) is 12.7. The molecule has 3 heterocycles. The van der Waals surface area contributed by atoms with Gasteiger partial charge in [-0.15, -0.1) is 0 Å². The summed E-state index contributed by atoms with van der Waals surface area (Å²) in [4.78, 5) is 40.1. The number of nitrogens with one attached hydrogen (secondary N) is 2. The summed E-state index contributed by atoms with van der Waals surface area (Å²) in [5, 5.41) is 28.9. The Hall–Kier alpha value is -2.19. The number of aromatic nitrogens is 4. The summed E-state index contributed by atoms with van der Waals surface area (Å²) >= 11 is 1.93. The predicted molar refractivity (Wildman–Crippen MR) is 203 cm³/mol. The van der Waals surface area contributed by atoms with E-state index in [1.807, 2.05) is 22.6 Å². The number of carbonyl (C=O) groups excluding carboxylic acids is 2. The molecule has 5 rings (SSSR count). The molecular formula is C34H55IN7O10P. The van der Waals surface area contributed by atoms with Gasteiger partial charge >= 0.3 is 19.6 Å². The number of aliphatic hydroxyl groups excluding tert-OH is 1. The number of hydrogen-bond donors (Lipinski definition) is 5. The van der Waals surface area contributed by atoms with Gasteiger partial charge in [0.05, 0.1) is 13.7 Å². The van der Waals surface area contributed by atoms with Crippen LogP contribution < -0.4 is 20.6 Å². The zero-order valence-electron chi connectivity index (χ0n) is 31.3. The quantitative estimate of drug-likeness (QED) is 0.0733. The van der Waals surface area contributed by atoms with Crippen molar-refractivity contribution in [2.75, 3.05) is 19.5 Å². The molecule has 298 valence electrons. The summed E-state index contributed by atoms with van der Waals surface area (Å²) in [6.07, 6.45) is 4.41. The van der Waals surface area contributed by atoms with Crippen LogP contribution in [0.4, 0.5) is 5.95 Å². The van der Waals surface area contributed by atoms with E-state index in [-0.39, 0.29) is 35.2 Å². The number of nitrogens with two attached hydrogens (primary N) is 1. The van der Waals surface area contributed by atoms with Gasteiger partial charge in [-0.2, -0.15) is 9.97 Å². The fourth-order valence-electron chi connectivity index (χ4n) is 7.09. The van der Waals surface area contributed by atoms with Crippen molar-refractivity contribution in [3.8, 4) is 5.88 Å². The van der Waals surface area contributed by atoms with Gasteiger partial charge in [0.25, 0.3) is 0 Å². The normalized spacial score (nSPS) is 25.9. The maximum Gasteiger partial charge on any atom is 0.342 e. The van der Waals surface area contributed by atoms with Gasteiger partial charge in [-0.25, -0.2) is 15.2 Å². The highest BCUT2D eigenvalue weighted by Gasteiger charge is 2.55. The van der Waals surface area contributed by atoms with E-state index in [0.29, 0.717) is 3.83 Å². The summed E-state index contributed by atoms with van der Waals surface area (Å²) in [6.45, 7) is 8.00. The molecule has 3 fully saturated rings. The number of anilines is 1. The monoisotopic (exact) mass is 879 g/mol.